The predicted octanol–water partition coefficient (Wildman–Crippen LogP) is 1.36. The van der Waals surface area contributed by atoms with Gasteiger partial charge in [0.1, 0.15) is 5.78 Å². The van der Waals surface area contributed by atoms with Crippen LogP contribution >= 0.6 is 0 Å². The van der Waals surface area contributed by atoms with Gasteiger partial charge in [-0.25, -0.2) is 0 Å². The fourth-order valence-corrected chi connectivity index (χ4v) is 1.72. The van der Waals surface area contributed by atoms with Crippen molar-refractivity contribution >= 4 is 11.5 Å². The molecule has 0 bridgehead atoms. The van der Waals surface area contributed by atoms with Crippen molar-refractivity contribution in [3.05, 3.63) is 47.8 Å². The van der Waals surface area contributed by atoms with Crippen molar-refractivity contribution in [2.75, 3.05) is 5.73 Å². The zero-order chi connectivity index (χ0) is 12.3. The topological polar surface area (TPSA) is 60.9 Å². The normalized spacial score (nSPS) is 10.4. The summed E-state index contributed by atoms with van der Waals surface area (Å²) >= 11 is 0. The third-order valence-corrected chi connectivity index (χ3v) is 2.54. The maximum atomic E-state index is 11.8. The Morgan fingerprint density at radius 2 is 1.88 bits per heavy atom. The molecule has 2 rings (SSSR count). The Labute approximate surface area is 100 Å². The molecule has 17 heavy (non-hydrogen) atoms. The third-order valence-electron chi connectivity index (χ3n) is 2.54. The molecule has 4 heteroatoms. The molecule has 0 aliphatic rings. The summed E-state index contributed by atoms with van der Waals surface area (Å²) in [5.74, 6) is 0.183. The molecule has 4 nitrogen and oxygen atoms in total. The largest absolute Gasteiger partial charge is 0.399 e. The van der Waals surface area contributed by atoms with Gasteiger partial charge in [-0.15, -0.1) is 0 Å². The minimum atomic E-state index is 0.183. The van der Waals surface area contributed by atoms with Gasteiger partial charge < -0.3 is 5.73 Å². The second-order valence-electron chi connectivity index (χ2n) is 4.16. The van der Waals surface area contributed by atoms with Crippen LogP contribution in [0.4, 0.5) is 5.69 Å². The Morgan fingerprint density at radius 1 is 1.24 bits per heavy atom. The van der Waals surface area contributed by atoms with Crippen LogP contribution in [0.25, 0.3) is 0 Å². The predicted molar refractivity (Wildman–Crippen MR) is 66.5 cm³/mol. The Balaban J connectivity index is 1.95. The SMILES string of the molecule is Cn1cc(CC(=O)Cc2ccc(N)cc2)cn1. The fourth-order valence-electron chi connectivity index (χ4n) is 1.72. The lowest BCUT2D eigenvalue weighted by Gasteiger charge is -2.00. The van der Waals surface area contributed by atoms with Crippen molar-refractivity contribution in [2.24, 2.45) is 7.05 Å². The molecule has 0 saturated carbocycles. The standard InChI is InChI=1S/C13H15N3O/c1-16-9-11(8-15-16)7-13(17)6-10-2-4-12(14)5-3-10/h2-5,8-9H,6-7,14H2,1H3. The average Bonchev–Trinajstić information content (AvgIpc) is 2.67. The molecule has 88 valence electrons. The summed E-state index contributed by atoms with van der Waals surface area (Å²) in [6.45, 7) is 0. The molecule has 0 amide bonds. The van der Waals surface area contributed by atoms with E-state index in [1.165, 1.54) is 0 Å². The van der Waals surface area contributed by atoms with Gasteiger partial charge in [-0.05, 0) is 23.3 Å². The van der Waals surface area contributed by atoms with Crippen LogP contribution in [0.2, 0.25) is 0 Å². The molecular weight excluding hydrogens is 214 g/mol. The number of ketones is 1. The van der Waals surface area contributed by atoms with Crippen LogP contribution in [0.1, 0.15) is 11.1 Å². The highest BCUT2D eigenvalue weighted by Gasteiger charge is 2.06. The lowest BCUT2D eigenvalue weighted by atomic mass is 10.0. The first kappa shape index (κ1) is 11.4. The minimum absolute atomic E-state index is 0.183. The highest BCUT2D eigenvalue weighted by Crippen LogP contribution is 2.08. The van der Waals surface area contributed by atoms with E-state index < -0.39 is 0 Å². The maximum absolute atomic E-state index is 11.8. The minimum Gasteiger partial charge on any atom is -0.399 e. The molecule has 0 spiro atoms. The van der Waals surface area contributed by atoms with Gasteiger partial charge in [-0.3, -0.25) is 9.48 Å². The zero-order valence-electron chi connectivity index (χ0n) is 9.76. The van der Waals surface area contributed by atoms with Gasteiger partial charge in [0.15, 0.2) is 0 Å². The Hall–Kier alpha value is -2.10. The van der Waals surface area contributed by atoms with E-state index >= 15 is 0 Å². The Morgan fingerprint density at radius 3 is 2.47 bits per heavy atom. The van der Waals surface area contributed by atoms with Gasteiger partial charge in [0, 0.05) is 31.8 Å². The van der Waals surface area contributed by atoms with Gasteiger partial charge in [0.25, 0.3) is 0 Å². The monoisotopic (exact) mass is 229 g/mol. The molecule has 1 aromatic carbocycles. The maximum Gasteiger partial charge on any atom is 0.141 e. The van der Waals surface area contributed by atoms with Crippen molar-refractivity contribution < 1.29 is 4.79 Å². The first-order chi connectivity index (χ1) is 8.13. The van der Waals surface area contributed by atoms with Crippen molar-refractivity contribution in [3.8, 4) is 0 Å². The fraction of sp³-hybridized carbons (Fsp3) is 0.231. The number of nitrogens with zero attached hydrogens (tertiary/aromatic N) is 2. The average molecular weight is 229 g/mol. The molecule has 1 aromatic heterocycles. The number of rotatable bonds is 4. The van der Waals surface area contributed by atoms with E-state index in [1.807, 2.05) is 37.5 Å². The number of nitrogens with two attached hydrogens (primary N) is 1. The Kier molecular flexibility index (Phi) is 3.23. The molecule has 0 aliphatic carbocycles. The van der Waals surface area contributed by atoms with Crippen molar-refractivity contribution in [1.29, 1.82) is 0 Å². The third kappa shape index (κ3) is 3.17. The van der Waals surface area contributed by atoms with Crippen molar-refractivity contribution in [1.82, 2.24) is 9.78 Å². The number of hydrogen-bond acceptors (Lipinski definition) is 3. The van der Waals surface area contributed by atoms with Gasteiger partial charge in [-0.1, -0.05) is 12.1 Å². The molecular formula is C13H15N3O. The second kappa shape index (κ2) is 4.82. The number of aromatic nitrogens is 2. The second-order valence-corrected chi connectivity index (χ2v) is 4.16. The number of nitrogen functional groups attached to an aromatic ring is 1. The number of anilines is 1. The lowest BCUT2D eigenvalue weighted by Crippen LogP contribution is -2.06. The number of carbonyl (C=O) groups excluding carboxylic acids is 1. The van der Waals surface area contributed by atoms with Crippen LogP contribution < -0.4 is 5.73 Å². The smallest absolute Gasteiger partial charge is 0.141 e. The van der Waals surface area contributed by atoms with Gasteiger partial charge in [0.05, 0.1) is 6.20 Å². The van der Waals surface area contributed by atoms with Gasteiger partial charge in [0.2, 0.25) is 0 Å². The van der Waals surface area contributed by atoms with Gasteiger partial charge >= 0.3 is 0 Å². The summed E-state index contributed by atoms with van der Waals surface area (Å²) in [6.07, 6.45) is 4.45. The molecule has 2 aromatic rings. The van der Waals surface area contributed by atoms with Crippen LogP contribution in [0.5, 0.6) is 0 Å². The summed E-state index contributed by atoms with van der Waals surface area (Å²) in [5, 5.41) is 4.04. The molecule has 1 heterocycles. The molecule has 0 atom stereocenters. The van der Waals surface area contributed by atoms with E-state index in [9.17, 15) is 4.79 Å². The first-order valence-corrected chi connectivity index (χ1v) is 5.47. The van der Waals surface area contributed by atoms with Crippen molar-refractivity contribution in [2.45, 2.75) is 12.8 Å². The first-order valence-electron chi connectivity index (χ1n) is 5.47. The highest BCUT2D eigenvalue weighted by atomic mass is 16.1. The molecule has 2 N–H and O–H groups in total. The summed E-state index contributed by atoms with van der Waals surface area (Å²) in [5.41, 5.74) is 8.25. The Bertz CT molecular complexity index is 514. The number of Topliss-reactive ketones (excluding diaryl/α,β-unsaturated/α-hetero) is 1. The van der Waals surface area contributed by atoms with Crippen LogP contribution in [0.15, 0.2) is 36.7 Å². The lowest BCUT2D eigenvalue weighted by molar-refractivity contribution is -0.117. The highest BCUT2D eigenvalue weighted by molar-refractivity contribution is 5.83. The number of hydrogen-bond donors (Lipinski definition) is 1. The zero-order valence-corrected chi connectivity index (χ0v) is 9.76. The molecule has 0 fully saturated rings. The number of benzene rings is 1. The van der Waals surface area contributed by atoms with E-state index in [1.54, 1.807) is 10.9 Å². The number of aryl methyl sites for hydroxylation is 1. The molecule has 0 saturated heterocycles. The van der Waals surface area contributed by atoms with E-state index in [-0.39, 0.29) is 5.78 Å². The molecule has 0 unspecified atom stereocenters. The summed E-state index contributed by atoms with van der Waals surface area (Å²) in [6, 6.07) is 7.40. The van der Waals surface area contributed by atoms with Crippen LogP contribution in [0.3, 0.4) is 0 Å². The van der Waals surface area contributed by atoms with Crippen LogP contribution in [-0.4, -0.2) is 15.6 Å². The van der Waals surface area contributed by atoms with Crippen LogP contribution in [-0.2, 0) is 24.7 Å². The summed E-state index contributed by atoms with van der Waals surface area (Å²) in [4.78, 5) is 11.8. The van der Waals surface area contributed by atoms with Gasteiger partial charge in [-0.2, -0.15) is 5.10 Å². The molecule has 0 radical (unpaired) electrons. The van der Waals surface area contributed by atoms with E-state index in [2.05, 4.69) is 5.10 Å². The van der Waals surface area contributed by atoms with Crippen molar-refractivity contribution in [3.63, 3.8) is 0 Å². The number of carbonyl (C=O) groups is 1. The van der Waals surface area contributed by atoms with E-state index in [0.717, 1.165) is 11.1 Å². The molecule has 0 aliphatic heterocycles. The van der Waals surface area contributed by atoms with E-state index in [4.69, 9.17) is 5.73 Å². The quantitative estimate of drug-likeness (QED) is 0.805. The van der Waals surface area contributed by atoms with E-state index in [0.29, 0.717) is 18.5 Å². The summed E-state index contributed by atoms with van der Waals surface area (Å²) < 4.78 is 1.70. The van der Waals surface area contributed by atoms with Crippen LogP contribution in [0, 0.1) is 0 Å². The summed E-state index contributed by atoms with van der Waals surface area (Å²) in [7, 11) is 1.84.